The third-order valence-corrected chi connectivity index (χ3v) is 3.11. The molecule has 1 rings (SSSR count). The molecule has 1 saturated heterocycles. The van der Waals surface area contributed by atoms with Crippen molar-refractivity contribution in [3.05, 3.63) is 0 Å². The molecule has 0 aromatic heterocycles. The second-order valence-electron chi connectivity index (χ2n) is 4.25. The third kappa shape index (κ3) is 3.65. The number of rotatable bonds is 4. The molecule has 0 amide bonds. The van der Waals surface area contributed by atoms with Crippen LogP contribution in [-0.4, -0.2) is 37.2 Å². The number of ether oxygens (including phenoxy) is 1. The van der Waals surface area contributed by atoms with Crippen molar-refractivity contribution in [3.63, 3.8) is 0 Å². The van der Waals surface area contributed by atoms with E-state index in [1.54, 1.807) is 0 Å². The van der Waals surface area contributed by atoms with Gasteiger partial charge in [0.05, 0.1) is 13.2 Å². The van der Waals surface area contributed by atoms with E-state index < -0.39 is 0 Å². The van der Waals surface area contributed by atoms with Crippen molar-refractivity contribution >= 4 is 0 Å². The van der Waals surface area contributed by atoms with Crippen molar-refractivity contribution in [1.82, 2.24) is 4.90 Å². The molecule has 0 radical (unpaired) electrons. The molecule has 0 N–H and O–H groups in total. The zero-order valence-corrected chi connectivity index (χ0v) is 9.25. The minimum atomic E-state index is 0.735. The van der Waals surface area contributed by atoms with E-state index in [1.807, 2.05) is 0 Å². The Balaban J connectivity index is 2.24. The molecule has 0 aliphatic carbocycles. The first-order valence-corrected chi connectivity index (χ1v) is 5.55. The van der Waals surface area contributed by atoms with Crippen LogP contribution in [0.2, 0.25) is 0 Å². The highest BCUT2D eigenvalue weighted by Gasteiger charge is 2.17. The van der Waals surface area contributed by atoms with E-state index in [-0.39, 0.29) is 0 Å². The van der Waals surface area contributed by atoms with E-state index in [0.717, 1.165) is 38.3 Å². The van der Waals surface area contributed by atoms with Gasteiger partial charge >= 0.3 is 0 Å². The fourth-order valence-electron chi connectivity index (χ4n) is 1.92. The second-order valence-corrected chi connectivity index (χ2v) is 4.25. The van der Waals surface area contributed by atoms with E-state index in [9.17, 15) is 0 Å². The molecule has 0 saturated carbocycles. The highest BCUT2D eigenvalue weighted by atomic mass is 16.5. The summed E-state index contributed by atoms with van der Waals surface area (Å²) in [7, 11) is 0. The fourth-order valence-corrected chi connectivity index (χ4v) is 1.92. The lowest BCUT2D eigenvalue weighted by atomic mass is 9.99. The van der Waals surface area contributed by atoms with Gasteiger partial charge in [-0.25, -0.2) is 0 Å². The van der Waals surface area contributed by atoms with Crippen molar-refractivity contribution in [2.75, 3.05) is 26.3 Å². The molecule has 2 unspecified atom stereocenters. The van der Waals surface area contributed by atoms with Crippen molar-refractivity contribution in [2.24, 2.45) is 5.92 Å². The van der Waals surface area contributed by atoms with Gasteiger partial charge in [-0.2, -0.15) is 0 Å². The Morgan fingerprint density at radius 1 is 1.23 bits per heavy atom. The molecule has 2 atom stereocenters. The van der Waals surface area contributed by atoms with Gasteiger partial charge in [-0.05, 0) is 19.3 Å². The molecule has 2 nitrogen and oxygen atoms in total. The van der Waals surface area contributed by atoms with Gasteiger partial charge in [0.2, 0.25) is 0 Å². The average Bonchev–Trinajstić information content (AvgIpc) is 2.19. The molecule has 78 valence electrons. The maximum Gasteiger partial charge on any atom is 0.0594 e. The zero-order chi connectivity index (χ0) is 9.68. The highest BCUT2D eigenvalue weighted by Crippen LogP contribution is 2.15. The first-order chi connectivity index (χ1) is 6.24. The summed E-state index contributed by atoms with van der Waals surface area (Å²) in [5.74, 6) is 0.859. The SMILES string of the molecule is CCC(C)CC(C)N1CCOCC1. The van der Waals surface area contributed by atoms with Gasteiger partial charge in [0, 0.05) is 19.1 Å². The summed E-state index contributed by atoms with van der Waals surface area (Å²) in [6, 6.07) is 0.735. The first kappa shape index (κ1) is 11.0. The van der Waals surface area contributed by atoms with Crippen LogP contribution in [0.3, 0.4) is 0 Å². The van der Waals surface area contributed by atoms with E-state index in [4.69, 9.17) is 4.74 Å². The molecule has 2 heteroatoms. The normalized spacial score (nSPS) is 24.2. The number of hydrogen-bond acceptors (Lipinski definition) is 2. The molecule has 1 aliphatic heterocycles. The van der Waals surface area contributed by atoms with Crippen LogP contribution in [0.15, 0.2) is 0 Å². The lowest BCUT2D eigenvalue weighted by Gasteiger charge is -2.33. The monoisotopic (exact) mass is 185 g/mol. The minimum absolute atomic E-state index is 0.735. The van der Waals surface area contributed by atoms with Gasteiger partial charge in [-0.1, -0.05) is 20.3 Å². The largest absolute Gasteiger partial charge is 0.379 e. The summed E-state index contributed by atoms with van der Waals surface area (Å²) in [6.45, 7) is 11.1. The highest BCUT2D eigenvalue weighted by molar-refractivity contribution is 4.71. The Morgan fingerprint density at radius 2 is 1.85 bits per heavy atom. The minimum Gasteiger partial charge on any atom is -0.379 e. The van der Waals surface area contributed by atoms with E-state index in [2.05, 4.69) is 25.7 Å². The second kappa shape index (κ2) is 5.61. The molecule has 0 spiro atoms. The Morgan fingerprint density at radius 3 is 2.38 bits per heavy atom. The molecule has 1 heterocycles. The van der Waals surface area contributed by atoms with Crippen molar-refractivity contribution in [1.29, 1.82) is 0 Å². The molecular formula is C11H23NO. The summed E-state index contributed by atoms with van der Waals surface area (Å²) >= 11 is 0. The lowest BCUT2D eigenvalue weighted by molar-refractivity contribution is 0.0157. The quantitative estimate of drug-likeness (QED) is 0.665. The first-order valence-electron chi connectivity index (χ1n) is 5.55. The van der Waals surface area contributed by atoms with Gasteiger partial charge in [0.15, 0.2) is 0 Å². The van der Waals surface area contributed by atoms with Crippen LogP contribution >= 0.6 is 0 Å². The van der Waals surface area contributed by atoms with Crippen LogP contribution in [0.4, 0.5) is 0 Å². The molecular weight excluding hydrogens is 162 g/mol. The van der Waals surface area contributed by atoms with Crippen molar-refractivity contribution < 1.29 is 4.74 Å². The predicted molar refractivity (Wildman–Crippen MR) is 55.9 cm³/mol. The summed E-state index contributed by atoms with van der Waals surface area (Å²) in [4.78, 5) is 2.55. The van der Waals surface area contributed by atoms with Gasteiger partial charge in [-0.15, -0.1) is 0 Å². The average molecular weight is 185 g/mol. The van der Waals surface area contributed by atoms with Gasteiger partial charge in [-0.3, -0.25) is 4.90 Å². The fraction of sp³-hybridized carbons (Fsp3) is 1.00. The molecule has 0 bridgehead atoms. The van der Waals surface area contributed by atoms with Crippen LogP contribution in [0.5, 0.6) is 0 Å². The maximum atomic E-state index is 5.34. The topological polar surface area (TPSA) is 12.5 Å². The summed E-state index contributed by atoms with van der Waals surface area (Å²) in [5.41, 5.74) is 0. The zero-order valence-electron chi connectivity index (χ0n) is 9.25. The standard InChI is InChI=1S/C11H23NO/c1-4-10(2)9-11(3)12-5-7-13-8-6-12/h10-11H,4-9H2,1-3H3. The Bertz CT molecular complexity index is 132. The van der Waals surface area contributed by atoms with Crippen molar-refractivity contribution in [3.8, 4) is 0 Å². The summed E-state index contributed by atoms with van der Waals surface area (Å²) in [5, 5.41) is 0. The predicted octanol–water partition coefficient (Wildman–Crippen LogP) is 2.14. The Kier molecular flexibility index (Phi) is 4.74. The number of nitrogens with zero attached hydrogens (tertiary/aromatic N) is 1. The van der Waals surface area contributed by atoms with Crippen LogP contribution in [0.25, 0.3) is 0 Å². The number of hydrogen-bond donors (Lipinski definition) is 0. The third-order valence-electron chi connectivity index (χ3n) is 3.11. The molecule has 1 aliphatic rings. The molecule has 0 aromatic rings. The number of morpholine rings is 1. The van der Waals surface area contributed by atoms with Crippen LogP contribution in [-0.2, 0) is 4.74 Å². The van der Waals surface area contributed by atoms with Crippen LogP contribution in [0.1, 0.15) is 33.6 Å². The van der Waals surface area contributed by atoms with E-state index in [0.29, 0.717) is 0 Å². The van der Waals surface area contributed by atoms with Gasteiger partial charge in [0.1, 0.15) is 0 Å². The summed E-state index contributed by atoms with van der Waals surface area (Å²) in [6.07, 6.45) is 2.63. The molecule has 13 heavy (non-hydrogen) atoms. The molecule has 1 fully saturated rings. The lowest BCUT2D eigenvalue weighted by Crippen LogP contribution is -2.42. The van der Waals surface area contributed by atoms with Gasteiger partial charge in [0.25, 0.3) is 0 Å². The Labute approximate surface area is 82.3 Å². The van der Waals surface area contributed by atoms with Crippen LogP contribution < -0.4 is 0 Å². The van der Waals surface area contributed by atoms with Crippen molar-refractivity contribution in [2.45, 2.75) is 39.7 Å². The smallest absolute Gasteiger partial charge is 0.0594 e. The summed E-state index contributed by atoms with van der Waals surface area (Å²) < 4.78 is 5.34. The Hall–Kier alpha value is -0.0800. The van der Waals surface area contributed by atoms with E-state index >= 15 is 0 Å². The maximum absolute atomic E-state index is 5.34. The van der Waals surface area contributed by atoms with Gasteiger partial charge < -0.3 is 4.74 Å². The van der Waals surface area contributed by atoms with E-state index in [1.165, 1.54) is 12.8 Å². The molecule has 0 aromatic carbocycles. The van der Waals surface area contributed by atoms with Crippen LogP contribution in [0, 0.1) is 5.92 Å².